The van der Waals surface area contributed by atoms with Gasteiger partial charge in [0.05, 0.1) is 0 Å². The summed E-state index contributed by atoms with van der Waals surface area (Å²) in [5.41, 5.74) is 8.86. The van der Waals surface area contributed by atoms with Gasteiger partial charge in [0.1, 0.15) is 0 Å². The molecule has 0 aromatic heterocycles. The van der Waals surface area contributed by atoms with Gasteiger partial charge in [0.25, 0.3) is 0 Å². The molecule has 0 bridgehead atoms. The van der Waals surface area contributed by atoms with Crippen LogP contribution in [0.1, 0.15) is 0 Å². The smallest absolute Gasteiger partial charge is 0.379 e. The summed E-state index contributed by atoms with van der Waals surface area (Å²) in [7, 11) is 0. The summed E-state index contributed by atoms with van der Waals surface area (Å²) in [4.78, 5) is 2.48. The molecule has 0 heterocycles. The Bertz CT molecular complexity index is 169. The maximum Gasteiger partial charge on any atom is 0.449 e. The van der Waals surface area contributed by atoms with Crippen LogP contribution in [0.15, 0.2) is 4.99 Å². The van der Waals surface area contributed by atoms with Crippen LogP contribution in [0, 0.1) is 5.41 Å². The molecule has 4 nitrogen and oxygen atoms in total. The highest BCUT2D eigenvalue weighted by Crippen LogP contribution is 2.13. The monoisotopic (exact) mass is 154 g/mol. The van der Waals surface area contributed by atoms with Crippen molar-refractivity contribution in [3.8, 4) is 0 Å². The van der Waals surface area contributed by atoms with Gasteiger partial charge in [-0.05, 0) is 0 Å². The average Bonchev–Trinajstić information content (AvgIpc) is 1.60. The molecule has 0 aromatic carbocycles. The van der Waals surface area contributed by atoms with E-state index in [0.717, 1.165) is 0 Å². The molecule has 10 heavy (non-hydrogen) atoms. The lowest BCUT2D eigenvalue weighted by Crippen LogP contribution is -2.33. The minimum absolute atomic E-state index is 0.963. The van der Waals surface area contributed by atoms with Crippen molar-refractivity contribution >= 4 is 11.8 Å². The molecule has 0 aliphatic heterocycles. The number of alkyl halides is 3. The molecule has 0 radical (unpaired) electrons. The number of halogens is 3. The van der Waals surface area contributed by atoms with Crippen LogP contribution in [-0.4, -0.2) is 18.0 Å². The third-order valence-corrected chi connectivity index (χ3v) is 0.531. The molecule has 0 spiro atoms. The van der Waals surface area contributed by atoms with Gasteiger partial charge >= 0.3 is 6.18 Å². The zero-order chi connectivity index (χ0) is 8.36. The molecule has 0 unspecified atom stereocenters. The van der Waals surface area contributed by atoms with E-state index in [9.17, 15) is 13.2 Å². The zero-order valence-electron chi connectivity index (χ0n) is 4.74. The molecule has 0 atom stereocenters. The van der Waals surface area contributed by atoms with Crippen LogP contribution in [0.3, 0.4) is 0 Å². The number of hydrogen-bond acceptors (Lipinski definition) is 1. The van der Waals surface area contributed by atoms with Crippen LogP contribution in [-0.2, 0) is 0 Å². The van der Waals surface area contributed by atoms with Gasteiger partial charge in [-0.15, -0.1) is 0 Å². The number of rotatable bonds is 0. The maximum absolute atomic E-state index is 11.4. The number of nitrogens with two attached hydrogens (primary N) is 2. The van der Waals surface area contributed by atoms with Gasteiger partial charge < -0.3 is 11.5 Å². The lowest BCUT2D eigenvalue weighted by molar-refractivity contribution is -0.0597. The van der Waals surface area contributed by atoms with Gasteiger partial charge in [0.2, 0.25) is 11.8 Å². The number of amidine groups is 1. The van der Waals surface area contributed by atoms with Crippen LogP contribution < -0.4 is 11.5 Å². The van der Waals surface area contributed by atoms with Gasteiger partial charge in [-0.25, -0.2) is 0 Å². The Balaban J connectivity index is 4.35. The second kappa shape index (κ2) is 2.54. The largest absolute Gasteiger partial charge is 0.449 e. The summed E-state index contributed by atoms with van der Waals surface area (Å²) in [6.07, 6.45) is -4.70. The van der Waals surface area contributed by atoms with Crippen LogP contribution in [0.25, 0.3) is 0 Å². The van der Waals surface area contributed by atoms with E-state index in [-0.39, 0.29) is 0 Å². The molecule has 0 aromatic rings. The Labute approximate surface area is 54.2 Å². The summed E-state index contributed by atoms with van der Waals surface area (Å²) in [6.45, 7) is 0. The Morgan fingerprint density at radius 2 is 1.70 bits per heavy atom. The Morgan fingerprint density at radius 1 is 1.30 bits per heavy atom. The lowest BCUT2D eigenvalue weighted by atomic mass is 10.6. The highest BCUT2D eigenvalue weighted by Gasteiger charge is 2.33. The SMILES string of the molecule is N=C(N)/N=C(/N)C(F)(F)F. The molecule has 0 amide bonds. The topological polar surface area (TPSA) is 88.2 Å². The van der Waals surface area contributed by atoms with Crippen LogP contribution in [0.2, 0.25) is 0 Å². The normalized spacial score (nSPS) is 13.3. The van der Waals surface area contributed by atoms with Crippen molar-refractivity contribution < 1.29 is 13.2 Å². The Hall–Kier alpha value is -1.27. The average molecular weight is 154 g/mol. The molecule has 0 fully saturated rings. The molecule has 0 saturated carbocycles. The highest BCUT2D eigenvalue weighted by atomic mass is 19.4. The van der Waals surface area contributed by atoms with E-state index in [2.05, 4.69) is 16.5 Å². The van der Waals surface area contributed by atoms with Crippen LogP contribution >= 0.6 is 0 Å². The molecule has 0 saturated heterocycles. The molecule has 58 valence electrons. The summed E-state index contributed by atoms with van der Waals surface area (Å²) >= 11 is 0. The van der Waals surface area contributed by atoms with Crippen molar-refractivity contribution in [2.24, 2.45) is 16.5 Å². The molecular weight excluding hydrogens is 149 g/mol. The van der Waals surface area contributed by atoms with E-state index < -0.39 is 18.0 Å². The minimum atomic E-state index is -4.70. The first-order chi connectivity index (χ1) is 4.34. The third-order valence-electron chi connectivity index (χ3n) is 0.531. The number of nitrogens with zero attached hydrogens (tertiary/aromatic N) is 1. The van der Waals surface area contributed by atoms with E-state index in [0.29, 0.717) is 0 Å². The first kappa shape index (κ1) is 8.73. The van der Waals surface area contributed by atoms with E-state index >= 15 is 0 Å². The van der Waals surface area contributed by atoms with Gasteiger partial charge in [0.15, 0.2) is 0 Å². The molecular formula is C3H5F3N4. The second-order valence-electron chi connectivity index (χ2n) is 1.38. The van der Waals surface area contributed by atoms with Crippen molar-refractivity contribution in [2.75, 3.05) is 0 Å². The standard InChI is InChI=1S/C3H5F3N4/c4-3(5,6)1(7)10-2(8)9/h(H5,7,8,9,10). The van der Waals surface area contributed by atoms with Crippen molar-refractivity contribution in [3.05, 3.63) is 0 Å². The maximum atomic E-state index is 11.4. The van der Waals surface area contributed by atoms with E-state index in [1.54, 1.807) is 0 Å². The first-order valence-electron chi connectivity index (χ1n) is 2.09. The van der Waals surface area contributed by atoms with Crippen molar-refractivity contribution in [1.82, 2.24) is 0 Å². The molecule has 7 heteroatoms. The number of hydrogen-bond donors (Lipinski definition) is 3. The van der Waals surface area contributed by atoms with Gasteiger partial charge in [0, 0.05) is 0 Å². The number of aliphatic imine (C=N–C) groups is 1. The van der Waals surface area contributed by atoms with Gasteiger partial charge in [-0.1, -0.05) is 0 Å². The Morgan fingerprint density at radius 3 is 1.80 bits per heavy atom. The molecule has 0 aliphatic rings. The molecule has 5 N–H and O–H groups in total. The zero-order valence-corrected chi connectivity index (χ0v) is 4.74. The molecule has 0 aliphatic carbocycles. The quantitative estimate of drug-likeness (QED) is 0.333. The van der Waals surface area contributed by atoms with E-state index in [1.807, 2.05) is 0 Å². The third kappa shape index (κ3) is 2.90. The van der Waals surface area contributed by atoms with Gasteiger partial charge in [-0.2, -0.15) is 18.2 Å². The fourth-order valence-electron chi connectivity index (χ4n) is 0.193. The lowest BCUT2D eigenvalue weighted by Gasteiger charge is -2.02. The summed E-state index contributed by atoms with van der Waals surface area (Å²) in [5.74, 6) is -2.57. The predicted octanol–water partition coefficient (Wildman–Crippen LogP) is -0.201. The fourth-order valence-corrected chi connectivity index (χ4v) is 0.193. The summed E-state index contributed by atoms with van der Waals surface area (Å²) < 4.78 is 34.2. The van der Waals surface area contributed by atoms with E-state index in [4.69, 9.17) is 5.41 Å². The highest BCUT2D eigenvalue weighted by molar-refractivity contribution is 5.96. The van der Waals surface area contributed by atoms with Crippen LogP contribution in [0.4, 0.5) is 13.2 Å². The molecule has 0 rings (SSSR count). The van der Waals surface area contributed by atoms with Gasteiger partial charge in [-0.3, -0.25) is 5.41 Å². The fraction of sp³-hybridized carbons (Fsp3) is 0.333. The van der Waals surface area contributed by atoms with Crippen molar-refractivity contribution in [2.45, 2.75) is 6.18 Å². The van der Waals surface area contributed by atoms with E-state index in [1.165, 1.54) is 0 Å². The van der Waals surface area contributed by atoms with Crippen molar-refractivity contribution in [1.29, 1.82) is 5.41 Å². The summed E-state index contributed by atoms with van der Waals surface area (Å²) in [6, 6.07) is 0. The first-order valence-corrected chi connectivity index (χ1v) is 2.09. The Kier molecular flexibility index (Phi) is 2.22. The predicted molar refractivity (Wildman–Crippen MR) is 29.6 cm³/mol. The van der Waals surface area contributed by atoms with Crippen LogP contribution in [0.5, 0.6) is 0 Å². The summed E-state index contributed by atoms with van der Waals surface area (Å²) in [5, 5.41) is 6.32. The number of guanidine groups is 1. The van der Waals surface area contributed by atoms with Crippen molar-refractivity contribution in [3.63, 3.8) is 0 Å². The number of nitrogens with one attached hydrogen (secondary N) is 1. The second-order valence-corrected chi connectivity index (χ2v) is 1.38. The minimum Gasteiger partial charge on any atom is -0.379 e.